The smallest absolute Gasteiger partial charge is 0.142 e. The fourth-order valence-corrected chi connectivity index (χ4v) is 2.96. The number of anilines is 1. The van der Waals surface area contributed by atoms with Crippen molar-refractivity contribution in [3.8, 4) is 12.1 Å². The Balaban J connectivity index is 1.99. The number of benzene rings is 2. The van der Waals surface area contributed by atoms with Crippen LogP contribution in [0.25, 0.3) is 10.9 Å². The number of hydrogen-bond donors (Lipinski definition) is 1. The van der Waals surface area contributed by atoms with Gasteiger partial charge in [0.2, 0.25) is 0 Å². The molecule has 0 aliphatic heterocycles. The van der Waals surface area contributed by atoms with Crippen LogP contribution in [0.2, 0.25) is 0 Å². The van der Waals surface area contributed by atoms with Gasteiger partial charge in [-0.15, -0.1) is 0 Å². The van der Waals surface area contributed by atoms with E-state index in [1.54, 1.807) is 6.07 Å². The van der Waals surface area contributed by atoms with Gasteiger partial charge in [0.05, 0.1) is 16.6 Å². The molecule has 4 nitrogen and oxygen atoms in total. The van der Waals surface area contributed by atoms with Crippen LogP contribution in [-0.4, -0.2) is 4.98 Å². The number of nitrogens with two attached hydrogens (primary N) is 1. The zero-order valence-corrected chi connectivity index (χ0v) is 13.2. The van der Waals surface area contributed by atoms with Gasteiger partial charge >= 0.3 is 0 Å². The summed E-state index contributed by atoms with van der Waals surface area (Å²) in [6, 6.07) is 20.0. The van der Waals surface area contributed by atoms with Gasteiger partial charge < -0.3 is 5.73 Å². The van der Waals surface area contributed by atoms with Crippen LogP contribution in [0, 0.1) is 22.7 Å². The van der Waals surface area contributed by atoms with E-state index in [4.69, 9.17) is 5.73 Å². The first-order chi connectivity index (χ1) is 11.7. The molecule has 0 saturated heterocycles. The average Bonchev–Trinajstić information content (AvgIpc) is 2.62. The van der Waals surface area contributed by atoms with Crippen molar-refractivity contribution in [2.75, 3.05) is 5.73 Å². The zero-order valence-electron chi connectivity index (χ0n) is 13.2. The first-order valence-electron chi connectivity index (χ1n) is 7.79. The molecule has 0 saturated carbocycles. The SMILES string of the molecule is N#Cc1c(N)nc2c(C#N)cccc2c1CCCc1ccccc1. The standard InChI is InChI=1S/C20H16N4/c21-12-15-9-5-11-17-16(18(13-22)20(23)24-19(15)17)10-4-8-14-6-2-1-3-7-14/h1-3,5-7,9,11H,4,8,10H2,(H2,23,24). The van der Waals surface area contributed by atoms with Crippen molar-refractivity contribution in [1.29, 1.82) is 10.5 Å². The molecule has 0 atom stereocenters. The first kappa shape index (κ1) is 15.5. The maximum atomic E-state index is 9.47. The third kappa shape index (κ3) is 2.91. The van der Waals surface area contributed by atoms with E-state index >= 15 is 0 Å². The Bertz CT molecular complexity index is 963. The van der Waals surface area contributed by atoms with Crippen molar-refractivity contribution in [2.45, 2.75) is 19.3 Å². The molecular formula is C20H16N4. The van der Waals surface area contributed by atoms with Crippen molar-refractivity contribution >= 4 is 16.7 Å². The Morgan fingerprint density at radius 2 is 1.71 bits per heavy atom. The van der Waals surface area contributed by atoms with E-state index in [9.17, 15) is 10.5 Å². The monoisotopic (exact) mass is 312 g/mol. The Hall–Kier alpha value is -3.37. The lowest BCUT2D eigenvalue weighted by molar-refractivity contribution is 0.823. The van der Waals surface area contributed by atoms with Crippen LogP contribution in [0.15, 0.2) is 48.5 Å². The predicted molar refractivity (Wildman–Crippen MR) is 94.1 cm³/mol. The second-order valence-corrected chi connectivity index (χ2v) is 5.62. The molecule has 2 aromatic carbocycles. The van der Waals surface area contributed by atoms with Crippen molar-refractivity contribution in [2.24, 2.45) is 0 Å². The summed E-state index contributed by atoms with van der Waals surface area (Å²) >= 11 is 0. The minimum atomic E-state index is 0.197. The topological polar surface area (TPSA) is 86.5 Å². The van der Waals surface area contributed by atoms with Gasteiger partial charge in [0, 0.05) is 5.39 Å². The number of aromatic nitrogens is 1. The molecule has 2 N–H and O–H groups in total. The molecule has 0 bridgehead atoms. The van der Waals surface area contributed by atoms with Gasteiger partial charge in [-0.3, -0.25) is 0 Å². The molecule has 1 aromatic heterocycles. The number of rotatable bonds is 4. The Kier molecular flexibility index (Phi) is 4.40. The largest absolute Gasteiger partial charge is 0.383 e. The van der Waals surface area contributed by atoms with E-state index in [2.05, 4.69) is 29.3 Å². The van der Waals surface area contributed by atoms with E-state index < -0.39 is 0 Å². The Labute approximate surface area is 140 Å². The molecule has 0 amide bonds. The van der Waals surface area contributed by atoms with Crippen molar-refractivity contribution in [3.05, 3.63) is 70.8 Å². The number of para-hydroxylation sites is 1. The molecule has 0 aliphatic rings. The number of nitriles is 2. The molecule has 0 unspecified atom stereocenters. The summed E-state index contributed by atoms with van der Waals surface area (Å²) in [5.41, 5.74) is 9.58. The highest BCUT2D eigenvalue weighted by Crippen LogP contribution is 2.28. The van der Waals surface area contributed by atoms with Crippen molar-refractivity contribution in [1.82, 2.24) is 4.98 Å². The van der Waals surface area contributed by atoms with Crippen LogP contribution >= 0.6 is 0 Å². The van der Waals surface area contributed by atoms with Crippen LogP contribution in [0.1, 0.15) is 28.7 Å². The summed E-state index contributed by atoms with van der Waals surface area (Å²) in [7, 11) is 0. The van der Waals surface area contributed by atoms with E-state index in [1.165, 1.54) is 5.56 Å². The van der Waals surface area contributed by atoms with Gasteiger partial charge in [-0.05, 0) is 36.5 Å². The lowest BCUT2D eigenvalue weighted by Gasteiger charge is -2.11. The zero-order chi connectivity index (χ0) is 16.9. The molecule has 0 spiro atoms. The van der Waals surface area contributed by atoms with Crippen molar-refractivity contribution in [3.63, 3.8) is 0 Å². The second kappa shape index (κ2) is 6.81. The quantitative estimate of drug-likeness (QED) is 0.795. The molecule has 1 heterocycles. The van der Waals surface area contributed by atoms with Gasteiger partial charge in [-0.1, -0.05) is 42.5 Å². The summed E-state index contributed by atoms with van der Waals surface area (Å²) in [6.07, 6.45) is 2.54. The van der Waals surface area contributed by atoms with Gasteiger partial charge in [0.1, 0.15) is 18.0 Å². The summed E-state index contributed by atoms with van der Waals surface area (Å²) in [5.74, 6) is 0.197. The summed E-state index contributed by atoms with van der Waals surface area (Å²) in [5, 5.41) is 19.6. The Morgan fingerprint density at radius 1 is 0.917 bits per heavy atom. The molecule has 0 radical (unpaired) electrons. The fraction of sp³-hybridized carbons (Fsp3) is 0.150. The highest BCUT2D eigenvalue weighted by Gasteiger charge is 2.15. The molecule has 24 heavy (non-hydrogen) atoms. The van der Waals surface area contributed by atoms with E-state index in [-0.39, 0.29) is 5.82 Å². The fourth-order valence-electron chi connectivity index (χ4n) is 2.96. The Morgan fingerprint density at radius 3 is 2.42 bits per heavy atom. The number of fused-ring (bicyclic) bond motifs is 1. The third-order valence-electron chi connectivity index (χ3n) is 4.12. The number of pyridine rings is 1. The van der Waals surface area contributed by atoms with Crippen LogP contribution in [0.5, 0.6) is 0 Å². The van der Waals surface area contributed by atoms with Crippen LogP contribution in [-0.2, 0) is 12.8 Å². The number of nitrogen functional groups attached to an aromatic ring is 1. The molecule has 0 aliphatic carbocycles. The minimum absolute atomic E-state index is 0.197. The average molecular weight is 312 g/mol. The first-order valence-corrected chi connectivity index (χ1v) is 7.79. The minimum Gasteiger partial charge on any atom is -0.383 e. The highest BCUT2D eigenvalue weighted by molar-refractivity contribution is 5.90. The lowest BCUT2D eigenvalue weighted by Crippen LogP contribution is -2.03. The summed E-state index contributed by atoms with van der Waals surface area (Å²) in [4.78, 5) is 4.28. The third-order valence-corrected chi connectivity index (χ3v) is 4.12. The second-order valence-electron chi connectivity index (χ2n) is 5.62. The molecule has 3 rings (SSSR count). The molecule has 3 aromatic rings. The summed E-state index contributed by atoms with van der Waals surface area (Å²) < 4.78 is 0. The molecule has 0 fully saturated rings. The molecular weight excluding hydrogens is 296 g/mol. The number of hydrogen-bond acceptors (Lipinski definition) is 4. The van der Waals surface area contributed by atoms with Crippen molar-refractivity contribution < 1.29 is 0 Å². The van der Waals surface area contributed by atoms with Crippen LogP contribution in [0.4, 0.5) is 5.82 Å². The van der Waals surface area contributed by atoms with Crippen LogP contribution in [0.3, 0.4) is 0 Å². The van der Waals surface area contributed by atoms with Gasteiger partial charge in [-0.2, -0.15) is 10.5 Å². The predicted octanol–water partition coefficient (Wildman–Crippen LogP) is 3.74. The normalized spacial score (nSPS) is 10.2. The van der Waals surface area contributed by atoms with E-state index in [0.717, 1.165) is 30.2 Å². The molecule has 4 heteroatoms. The van der Waals surface area contributed by atoms with Gasteiger partial charge in [0.15, 0.2) is 0 Å². The summed E-state index contributed by atoms with van der Waals surface area (Å²) in [6.45, 7) is 0. The molecule has 116 valence electrons. The van der Waals surface area contributed by atoms with Gasteiger partial charge in [0.25, 0.3) is 0 Å². The maximum Gasteiger partial charge on any atom is 0.142 e. The van der Waals surface area contributed by atoms with E-state index in [0.29, 0.717) is 16.6 Å². The number of nitrogens with zero attached hydrogens (tertiary/aromatic N) is 3. The van der Waals surface area contributed by atoms with Crippen LogP contribution < -0.4 is 5.73 Å². The van der Waals surface area contributed by atoms with E-state index in [1.807, 2.05) is 30.3 Å². The maximum absolute atomic E-state index is 9.47. The highest BCUT2D eigenvalue weighted by atomic mass is 14.8. The number of aryl methyl sites for hydroxylation is 2. The van der Waals surface area contributed by atoms with Gasteiger partial charge in [-0.25, -0.2) is 4.98 Å². The lowest BCUT2D eigenvalue weighted by atomic mass is 9.95.